The lowest BCUT2D eigenvalue weighted by Crippen LogP contribution is -2.44. The van der Waals surface area contributed by atoms with Gasteiger partial charge in [0.1, 0.15) is 0 Å². The summed E-state index contributed by atoms with van der Waals surface area (Å²) in [6.07, 6.45) is 1.08. The lowest BCUT2D eigenvalue weighted by Gasteiger charge is -2.19. The van der Waals surface area contributed by atoms with Crippen LogP contribution in [0.2, 0.25) is 0 Å². The van der Waals surface area contributed by atoms with E-state index in [4.69, 9.17) is 5.73 Å². The molecule has 0 atom stereocenters. The summed E-state index contributed by atoms with van der Waals surface area (Å²) in [5, 5.41) is 5.00. The maximum atomic E-state index is 11.3. The van der Waals surface area contributed by atoms with Crippen molar-refractivity contribution in [2.24, 2.45) is 5.73 Å². The summed E-state index contributed by atoms with van der Waals surface area (Å²) in [5.74, 6) is -1.21. The first kappa shape index (κ1) is 15.9. The second kappa shape index (κ2) is 10.0. The average molecular weight is 244 g/mol. The molecule has 0 saturated carbocycles. The van der Waals surface area contributed by atoms with Crippen molar-refractivity contribution in [1.82, 2.24) is 15.5 Å². The third kappa shape index (κ3) is 7.70. The van der Waals surface area contributed by atoms with Gasteiger partial charge in [-0.15, -0.1) is 0 Å². The van der Waals surface area contributed by atoms with E-state index in [1.54, 1.807) is 0 Å². The molecule has 100 valence electrons. The SMILES string of the molecule is CCCN(CC)CCNC(=O)C(=O)NCCN. The van der Waals surface area contributed by atoms with Gasteiger partial charge in [0.15, 0.2) is 0 Å². The number of hydrogen-bond acceptors (Lipinski definition) is 4. The molecule has 0 aliphatic heterocycles. The summed E-state index contributed by atoms with van der Waals surface area (Å²) in [7, 11) is 0. The van der Waals surface area contributed by atoms with Crippen LogP contribution in [-0.4, -0.2) is 56.0 Å². The van der Waals surface area contributed by atoms with Crippen molar-refractivity contribution in [3.05, 3.63) is 0 Å². The molecule has 6 nitrogen and oxygen atoms in total. The first-order chi connectivity index (χ1) is 8.15. The zero-order valence-electron chi connectivity index (χ0n) is 10.8. The number of nitrogens with zero attached hydrogens (tertiary/aromatic N) is 1. The second-order valence-corrected chi connectivity index (χ2v) is 3.73. The molecule has 0 fully saturated rings. The lowest BCUT2D eigenvalue weighted by molar-refractivity contribution is -0.139. The number of rotatable bonds is 8. The van der Waals surface area contributed by atoms with E-state index in [0.717, 1.165) is 26.1 Å². The molecule has 0 bridgehead atoms. The monoisotopic (exact) mass is 244 g/mol. The fourth-order valence-corrected chi connectivity index (χ4v) is 1.42. The van der Waals surface area contributed by atoms with Crippen molar-refractivity contribution in [1.29, 1.82) is 0 Å². The average Bonchev–Trinajstić information content (AvgIpc) is 2.34. The Bertz CT molecular complexity index is 234. The molecule has 0 radical (unpaired) electrons. The van der Waals surface area contributed by atoms with Crippen molar-refractivity contribution in [2.45, 2.75) is 20.3 Å². The Balaban J connectivity index is 3.72. The van der Waals surface area contributed by atoms with Crippen LogP contribution in [0.15, 0.2) is 0 Å². The molecule has 0 unspecified atom stereocenters. The summed E-state index contributed by atoms with van der Waals surface area (Å²) in [5.41, 5.74) is 5.22. The van der Waals surface area contributed by atoms with E-state index in [1.807, 2.05) is 0 Å². The molecule has 0 aromatic heterocycles. The van der Waals surface area contributed by atoms with Gasteiger partial charge in [0.2, 0.25) is 0 Å². The molecule has 0 saturated heterocycles. The molecule has 17 heavy (non-hydrogen) atoms. The number of carbonyl (C=O) groups excluding carboxylic acids is 2. The highest BCUT2D eigenvalue weighted by Crippen LogP contribution is 1.88. The summed E-state index contributed by atoms with van der Waals surface area (Å²) in [4.78, 5) is 24.7. The highest BCUT2D eigenvalue weighted by molar-refractivity contribution is 6.35. The highest BCUT2D eigenvalue weighted by atomic mass is 16.2. The normalized spacial score (nSPS) is 10.4. The van der Waals surface area contributed by atoms with Crippen LogP contribution in [0.3, 0.4) is 0 Å². The lowest BCUT2D eigenvalue weighted by atomic mass is 10.4. The van der Waals surface area contributed by atoms with Crippen LogP contribution in [0.5, 0.6) is 0 Å². The van der Waals surface area contributed by atoms with Crippen LogP contribution in [0.25, 0.3) is 0 Å². The fraction of sp³-hybridized carbons (Fsp3) is 0.818. The van der Waals surface area contributed by atoms with Crippen molar-refractivity contribution >= 4 is 11.8 Å². The summed E-state index contributed by atoms with van der Waals surface area (Å²) in [6, 6.07) is 0. The van der Waals surface area contributed by atoms with E-state index in [0.29, 0.717) is 19.6 Å². The fourth-order valence-electron chi connectivity index (χ4n) is 1.42. The molecule has 2 amide bonds. The summed E-state index contributed by atoms with van der Waals surface area (Å²) >= 11 is 0. The van der Waals surface area contributed by atoms with Crippen LogP contribution in [0.1, 0.15) is 20.3 Å². The zero-order chi connectivity index (χ0) is 13.1. The van der Waals surface area contributed by atoms with E-state index >= 15 is 0 Å². The minimum Gasteiger partial charge on any atom is -0.347 e. The van der Waals surface area contributed by atoms with E-state index in [9.17, 15) is 9.59 Å². The summed E-state index contributed by atoms with van der Waals surface area (Å²) < 4.78 is 0. The third-order valence-electron chi connectivity index (χ3n) is 2.34. The van der Waals surface area contributed by atoms with Crippen LogP contribution < -0.4 is 16.4 Å². The van der Waals surface area contributed by atoms with Crippen LogP contribution in [0.4, 0.5) is 0 Å². The molecule has 0 aliphatic rings. The smallest absolute Gasteiger partial charge is 0.309 e. The molecule has 0 heterocycles. The predicted molar refractivity (Wildman–Crippen MR) is 67.5 cm³/mol. The maximum absolute atomic E-state index is 11.3. The van der Waals surface area contributed by atoms with Gasteiger partial charge in [0.25, 0.3) is 0 Å². The predicted octanol–water partition coefficient (Wildman–Crippen LogP) is -1.09. The number of nitrogens with two attached hydrogens (primary N) is 1. The largest absolute Gasteiger partial charge is 0.347 e. The van der Waals surface area contributed by atoms with Crippen LogP contribution in [-0.2, 0) is 9.59 Å². The Kier molecular flexibility index (Phi) is 9.37. The Morgan fingerprint density at radius 2 is 1.65 bits per heavy atom. The second-order valence-electron chi connectivity index (χ2n) is 3.73. The highest BCUT2D eigenvalue weighted by Gasteiger charge is 2.11. The number of nitrogens with one attached hydrogen (secondary N) is 2. The minimum atomic E-state index is -0.617. The topological polar surface area (TPSA) is 87.5 Å². The maximum Gasteiger partial charge on any atom is 0.309 e. The Labute approximate surface area is 103 Å². The first-order valence-electron chi connectivity index (χ1n) is 6.14. The van der Waals surface area contributed by atoms with Gasteiger partial charge in [-0.1, -0.05) is 13.8 Å². The van der Waals surface area contributed by atoms with Gasteiger partial charge in [-0.05, 0) is 19.5 Å². The zero-order valence-corrected chi connectivity index (χ0v) is 10.8. The van der Waals surface area contributed by atoms with Gasteiger partial charge in [0.05, 0.1) is 0 Å². The molecule has 0 aromatic carbocycles. The van der Waals surface area contributed by atoms with E-state index in [1.165, 1.54) is 0 Å². The molecule has 6 heteroatoms. The van der Waals surface area contributed by atoms with Crippen LogP contribution in [0, 0.1) is 0 Å². The standard InChI is InChI=1S/C11H24N4O2/c1-3-8-15(4-2)9-7-14-11(17)10(16)13-6-5-12/h3-9,12H2,1-2H3,(H,13,16)(H,14,17). The van der Waals surface area contributed by atoms with Crippen molar-refractivity contribution in [3.8, 4) is 0 Å². The third-order valence-corrected chi connectivity index (χ3v) is 2.34. The molecular weight excluding hydrogens is 220 g/mol. The van der Waals surface area contributed by atoms with Gasteiger partial charge in [-0.25, -0.2) is 0 Å². The molecule has 0 spiro atoms. The molecule has 0 rings (SSSR count). The van der Waals surface area contributed by atoms with Crippen molar-refractivity contribution in [2.75, 3.05) is 39.3 Å². The van der Waals surface area contributed by atoms with Gasteiger partial charge >= 0.3 is 11.8 Å². The molecule has 0 aliphatic carbocycles. The Morgan fingerprint density at radius 1 is 1.06 bits per heavy atom. The number of carbonyl (C=O) groups is 2. The summed E-state index contributed by atoms with van der Waals surface area (Å²) in [6.45, 7) is 8.05. The van der Waals surface area contributed by atoms with Gasteiger partial charge < -0.3 is 21.3 Å². The number of amides is 2. The van der Waals surface area contributed by atoms with Gasteiger partial charge in [-0.2, -0.15) is 0 Å². The van der Waals surface area contributed by atoms with Crippen LogP contribution >= 0.6 is 0 Å². The first-order valence-corrected chi connectivity index (χ1v) is 6.14. The molecule has 0 aromatic rings. The number of hydrogen-bond donors (Lipinski definition) is 3. The van der Waals surface area contributed by atoms with E-state index in [-0.39, 0.29) is 0 Å². The van der Waals surface area contributed by atoms with Gasteiger partial charge in [0, 0.05) is 26.2 Å². The van der Waals surface area contributed by atoms with E-state index in [2.05, 4.69) is 29.4 Å². The van der Waals surface area contributed by atoms with Crippen molar-refractivity contribution in [3.63, 3.8) is 0 Å². The van der Waals surface area contributed by atoms with Gasteiger partial charge in [-0.3, -0.25) is 9.59 Å². The van der Waals surface area contributed by atoms with E-state index < -0.39 is 11.8 Å². The molecule has 4 N–H and O–H groups in total. The quantitative estimate of drug-likeness (QED) is 0.473. The number of likely N-dealkylation sites (N-methyl/N-ethyl adjacent to an activating group) is 1. The molecular formula is C11H24N4O2. The Hall–Kier alpha value is -1.14. The van der Waals surface area contributed by atoms with Crippen molar-refractivity contribution < 1.29 is 9.59 Å². The minimum absolute atomic E-state index is 0.323. The Morgan fingerprint density at radius 3 is 2.12 bits per heavy atom.